The number of aromatic nitrogens is 1. The molecule has 0 aliphatic heterocycles. The van der Waals surface area contributed by atoms with Crippen molar-refractivity contribution in [3.63, 3.8) is 0 Å². The summed E-state index contributed by atoms with van der Waals surface area (Å²) in [7, 11) is 1.61. The average molecular weight is 214 g/mol. The monoisotopic (exact) mass is 214 g/mol. The SMILES string of the molecule is COc1ccc(-c2cnccc2C)cc1N. The van der Waals surface area contributed by atoms with Crippen LogP contribution in [0.15, 0.2) is 36.7 Å². The molecule has 1 aromatic carbocycles. The summed E-state index contributed by atoms with van der Waals surface area (Å²) in [5.41, 5.74) is 9.85. The molecule has 3 nitrogen and oxygen atoms in total. The zero-order valence-electron chi connectivity index (χ0n) is 9.40. The first-order chi connectivity index (χ1) is 7.72. The molecule has 0 saturated carbocycles. The van der Waals surface area contributed by atoms with E-state index in [2.05, 4.69) is 11.9 Å². The van der Waals surface area contributed by atoms with Gasteiger partial charge in [0.25, 0.3) is 0 Å². The molecule has 3 heteroatoms. The van der Waals surface area contributed by atoms with E-state index in [-0.39, 0.29) is 0 Å². The van der Waals surface area contributed by atoms with Crippen LogP contribution in [-0.2, 0) is 0 Å². The summed E-state index contributed by atoms with van der Waals surface area (Å²) < 4.78 is 5.13. The lowest BCUT2D eigenvalue weighted by Crippen LogP contribution is -1.93. The van der Waals surface area contributed by atoms with Gasteiger partial charge in [0, 0.05) is 18.0 Å². The Morgan fingerprint density at radius 3 is 2.69 bits per heavy atom. The van der Waals surface area contributed by atoms with Crippen LogP contribution in [-0.4, -0.2) is 12.1 Å². The molecule has 2 N–H and O–H groups in total. The fraction of sp³-hybridized carbons (Fsp3) is 0.154. The summed E-state index contributed by atoms with van der Waals surface area (Å²) in [6, 6.07) is 7.74. The van der Waals surface area contributed by atoms with E-state index in [1.54, 1.807) is 13.3 Å². The number of aryl methyl sites for hydroxylation is 1. The van der Waals surface area contributed by atoms with Gasteiger partial charge in [-0.1, -0.05) is 6.07 Å². The Labute approximate surface area is 94.9 Å². The van der Waals surface area contributed by atoms with Crippen LogP contribution < -0.4 is 10.5 Å². The Kier molecular flexibility index (Phi) is 2.77. The maximum atomic E-state index is 5.87. The van der Waals surface area contributed by atoms with Gasteiger partial charge in [0.15, 0.2) is 0 Å². The van der Waals surface area contributed by atoms with Gasteiger partial charge in [-0.05, 0) is 36.2 Å². The molecule has 0 fully saturated rings. The van der Waals surface area contributed by atoms with Crippen molar-refractivity contribution in [3.05, 3.63) is 42.2 Å². The Morgan fingerprint density at radius 2 is 2.06 bits per heavy atom. The molecule has 0 saturated heterocycles. The summed E-state index contributed by atoms with van der Waals surface area (Å²) >= 11 is 0. The Morgan fingerprint density at radius 1 is 1.25 bits per heavy atom. The standard InChI is InChI=1S/C13H14N2O/c1-9-5-6-15-8-11(9)10-3-4-13(16-2)12(14)7-10/h3-8H,14H2,1-2H3. The highest BCUT2D eigenvalue weighted by molar-refractivity contribution is 5.72. The van der Waals surface area contributed by atoms with Crippen molar-refractivity contribution in [3.8, 4) is 16.9 Å². The van der Waals surface area contributed by atoms with E-state index in [4.69, 9.17) is 10.5 Å². The predicted octanol–water partition coefficient (Wildman–Crippen LogP) is 2.65. The van der Waals surface area contributed by atoms with Crippen molar-refractivity contribution in [2.24, 2.45) is 0 Å². The number of hydrogen-bond donors (Lipinski definition) is 1. The lowest BCUT2D eigenvalue weighted by Gasteiger charge is -2.08. The minimum atomic E-state index is 0.642. The topological polar surface area (TPSA) is 48.1 Å². The lowest BCUT2D eigenvalue weighted by molar-refractivity contribution is 0.417. The van der Waals surface area contributed by atoms with Crippen LogP contribution in [0.25, 0.3) is 11.1 Å². The van der Waals surface area contributed by atoms with Gasteiger partial charge in [0.2, 0.25) is 0 Å². The molecule has 2 aromatic rings. The number of anilines is 1. The van der Waals surface area contributed by atoms with Gasteiger partial charge in [-0.2, -0.15) is 0 Å². The summed E-state index contributed by atoms with van der Waals surface area (Å²) in [5, 5.41) is 0. The van der Waals surface area contributed by atoms with E-state index in [9.17, 15) is 0 Å². The van der Waals surface area contributed by atoms with E-state index in [1.807, 2.05) is 30.5 Å². The quantitative estimate of drug-likeness (QED) is 0.782. The first-order valence-corrected chi connectivity index (χ1v) is 5.07. The highest BCUT2D eigenvalue weighted by Crippen LogP contribution is 2.29. The van der Waals surface area contributed by atoms with E-state index in [1.165, 1.54) is 5.56 Å². The van der Waals surface area contributed by atoms with Crippen molar-refractivity contribution in [2.45, 2.75) is 6.92 Å². The van der Waals surface area contributed by atoms with Gasteiger partial charge < -0.3 is 10.5 Å². The van der Waals surface area contributed by atoms with E-state index >= 15 is 0 Å². The third-order valence-corrected chi connectivity index (χ3v) is 2.58. The first-order valence-electron chi connectivity index (χ1n) is 5.07. The molecule has 0 bridgehead atoms. The summed E-state index contributed by atoms with van der Waals surface area (Å²) in [6.07, 6.45) is 3.63. The molecule has 0 unspecified atom stereocenters. The number of nitrogen functional groups attached to an aromatic ring is 1. The average Bonchev–Trinajstić information content (AvgIpc) is 2.29. The van der Waals surface area contributed by atoms with Gasteiger partial charge in [-0.3, -0.25) is 4.98 Å². The molecule has 16 heavy (non-hydrogen) atoms. The normalized spacial score (nSPS) is 10.1. The minimum absolute atomic E-state index is 0.642. The molecule has 0 spiro atoms. The summed E-state index contributed by atoms with van der Waals surface area (Å²) in [5.74, 6) is 0.699. The first kappa shape index (κ1) is 10.5. The molecule has 1 aromatic heterocycles. The highest BCUT2D eigenvalue weighted by atomic mass is 16.5. The van der Waals surface area contributed by atoms with E-state index in [0.717, 1.165) is 11.1 Å². The summed E-state index contributed by atoms with van der Waals surface area (Å²) in [4.78, 5) is 4.12. The molecule has 0 atom stereocenters. The van der Waals surface area contributed by atoms with Gasteiger partial charge in [-0.25, -0.2) is 0 Å². The summed E-state index contributed by atoms with van der Waals surface area (Å²) in [6.45, 7) is 2.05. The number of methoxy groups -OCH3 is 1. The maximum absolute atomic E-state index is 5.87. The Hall–Kier alpha value is -2.03. The zero-order valence-corrected chi connectivity index (χ0v) is 9.40. The second kappa shape index (κ2) is 4.23. The lowest BCUT2D eigenvalue weighted by atomic mass is 10.0. The second-order valence-corrected chi connectivity index (χ2v) is 3.65. The van der Waals surface area contributed by atoms with Crippen molar-refractivity contribution in [1.82, 2.24) is 4.98 Å². The highest BCUT2D eigenvalue weighted by Gasteiger charge is 2.04. The molecular weight excluding hydrogens is 200 g/mol. The van der Waals surface area contributed by atoms with Gasteiger partial charge in [-0.15, -0.1) is 0 Å². The molecule has 0 amide bonds. The van der Waals surface area contributed by atoms with Crippen LogP contribution in [0.4, 0.5) is 5.69 Å². The van der Waals surface area contributed by atoms with E-state index < -0.39 is 0 Å². The van der Waals surface area contributed by atoms with Gasteiger partial charge in [0.1, 0.15) is 5.75 Å². The molecule has 0 aliphatic carbocycles. The smallest absolute Gasteiger partial charge is 0.141 e. The van der Waals surface area contributed by atoms with Crippen molar-refractivity contribution in [2.75, 3.05) is 12.8 Å². The number of nitrogens with two attached hydrogens (primary N) is 1. The number of nitrogens with zero attached hydrogens (tertiary/aromatic N) is 1. The van der Waals surface area contributed by atoms with Crippen LogP contribution in [0.3, 0.4) is 0 Å². The number of hydrogen-bond acceptors (Lipinski definition) is 3. The number of ether oxygens (including phenoxy) is 1. The predicted molar refractivity (Wildman–Crippen MR) is 65.4 cm³/mol. The third kappa shape index (κ3) is 1.84. The minimum Gasteiger partial charge on any atom is -0.495 e. The molecule has 0 aliphatic rings. The third-order valence-electron chi connectivity index (χ3n) is 2.58. The van der Waals surface area contributed by atoms with Crippen LogP contribution in [0.2, 0.25) is 0 Å². The van der Waals surface area contributed by atoms with Gasteiger partial charge >= 0.3 is 0 Å². The fourth-order valence-electron chi connectivity index (χ4n) is 1.67. The maximum Gasteiger partial charge on any atom is 0.141 e. The van der Waals surface area contributed by atoms with Crippen LogP contribution in [0.1, 0.15) is 5.56 Å². The fourth-order valence-corrected chi connectivity index (χ4v) is 1.67. The number of benzene rings is 1. The van der Waals surface area contributed by atoms with Crippen LogP contribution in [0.5, 0.6) is 5.75 Å². The number of rotatable bonds is 2. The van der Waals surface area contributed by atoms with Crippen LogP contribution >= 0.6 is 0 Å². The van der Waals surface area contributed by atoms with Gasteiger partial charge in [0.05, 0.1) is 12.8 Å². The molecule has 2 rings (SSSR count). The molecular formula is C13H14N2O. The molecule has 82 valence electrons. The second-order valence-electron chi connectivity index (χ2n) is 3.65. The number of pyridine rings is 1. The van der Waals surface area contributed by atoms with Crippen molar-refractivity contribution < 1.29 is 4.74 Å². The van der Waals surface area contributed by atoms with Crippen molar-refractivity contribution in [1.29, 1.82) is 0 Å². The van der Waals surface area contributed by atoms with Crippen molar-refractivity contribution >= 4 is 5.69 Å². The van der Waals surface area contributed by atoms with Crippen LogP contribution in [0, 0.1) is 6.92 Å². The molecule has 1 heterocycles. The Bertz CT molecular complexity index is 509. The zero-order chi connectivity index (χ0) is 11.5. The van der Waals surface area contributed by atoms with E-state index in [0.29, 0.717) is 11.4 Å². The molecule has 0 radical (unpaired) electrons. The Balaban J connectivity index is 2.50. The largest absolute Gasteiger partial charge is 0.495 e.